The number of benzene rings is 1. The fourth-order valence-corrected chi connectivity index (χ4v) is 3.23. The Balaban J connectivity index is 1.76. The number of ether oxygens (including phenoxy) is 1. The second kappa shape index (κ2) is 6.74. The minimum absolute atomic E-state index is 0.00940. The summed E-state index contributed by atoms with van der Waals surface area (Å²) in [5, 5.41) is 29.4. The second-order valence-corrected chi connectivity index (χ2v) is 6.40. The number of nitrogens with two attached hydrogens (primary N) is 1. The van der Waals surface area contributed by atoms with Gasteiger partial charge in [-0.15, -0.1) is 0 Å². The maximum absolute atomic E-state index is 12.8. The Morgan fingerprint density at radius 3 is 2.59 bits per heavy atom. The van der Waals surface area contributed by atoms with Gasteiger partial charge in [-0.3, -0.25) is 13.9 Å². The number of nitrogens with zero attached hydrogens (tertiary/aromatic N) is 4. The van der Waals surface area contributed by atoms with E-state index < -0.39 is 36.7 Å². The molecule has 1 fully saturated rings. The lowest BCUT2D eigenvalue weighted by Crippen LogP contribution is -2.33. The van der Waals surface area contributed by atoms with E-state index in [1.807, 2.05) is 30.3 Å². The van der Waals surface area contributed by atoms with Crippen molar-refractivity contribution >= 4 is 17.1 Å². The van der Waals surface area contributed by atoms with E-state index >= 15 is 0 Å². The summed E-state index contributed by atoms with van der Waals surface area (Å²) < 4.78 is 8.13. The number of fused-ring (bicyclic) bond motifs is 1. The van der Waals surface area contributed by atoms with Crippen molar-refractivity contribution in [3.8, 4) is 0 Å². The van der Waals surface area contributed by atoms with Gasteiger partial charge in [-0.1, -0.05) is 30.3 Å². The van der Waals surface area contributed by atoms with E-state index in [2.05, 4.69) is 9.97 Å². The Hall–Kier alpha value is -2.79. The van der Waals surface area contributed by atoms with Gasteiger partial charge in [0.15, 0.2) is 17.4 Å². The fraction of sp³-hybridized carbons (Fsp3) is 0.353. The number of aromatic nitrogens is 4. The van der Waals surface area contributed by atoms with E-state index in [1.54, 1.807) is 0 Å². The van der Waals surface area contributed by atoms with Crippen LogP contribution in [0.3, 0.4) is 0 Å². The van der Waals surface area contributed by atoms with E-state index in [4.69, 9.17) is 10.5 Å². The van der Waals surface area contributed by atoms with Crippen molar-refractivity contribution in [3.05, 3.63) is 52.6 Å². The molecular formula is C17H19N5O5. The second-order valence-electron chi connectivity index (χ2n) is 6.40. The van der Waals surface area contributed by atoms with Crippen LogP contribution in [0.5, 0.6) is 0 Å². The number of hydrogen-bond donors (Lipinski definition) is 4. The number of hydrogen-bond acceptors (Lipinski definition) is 8. The monoisotopic (exact) mass is 373 g/mol. The van der Waals surface area contributed by atoms with Crippen LogP contribution in [0, 0.1) is 0 Å². The Kier molecular flexibility index (Phi) is 4.40. The summed E-state index contributed by atoms with van der Waals surface area (Å²) in [7, 11) is 0. The number of aliphatic hydroxyl groups excluding tert-OH is 3. The van der Waals surface area contributed by atoms with E-state index in [0.717, 1.165) is 5.56 Å². The standard InChI is InChI=1S/C17H19N5O5/c18-17-20-14-11(15(26)21(17)6-9-4-2-1-3-5-9)19-8-22(14)16-13(25)12(24)10(7-23)27-16/h1-5,8,10,12-13,16,23-25H,6-7H2,(H2,18,20)/t10-,12?,13?,16-/m1/s1. The topological polar surface area (TPSA) is 149 Å². The average Bonchev–Trinajstić information content (AvgIpc) is 3.21. The highest BCUT2D eigenvalue weighted by Gasteiger charge is 2.44. The molecule has 0 radical (unpaired) electrons. The van der Waals surface area contributed by atoms with Gasteiger partial charge in [0.2, 0.25) is 5.95 Å². The van der Waals surface area contributed by atoms with Gasteiger partial charge >= 0.3 is 0 Å². The molecule has 2 aromatic heterocycles. The molecule has 0 spiro atoms. The summed E-state index contributed by atoms with van der Waals surface area (Å²) in [4.78, 5) is 21.2. The molecule has 0 bridgehead atoms. The smallest absolute Gasteiger partial charge is 0.283 e. The summed E-state index contributed by atoms with van der Waals surface area (Å²) >= 11 is 0. The molecular weight excluding hydrogens is 354 g/mol. The third-order valence-electron chi connectivity index (χ3n) is 4.69. The zero-order valence-electron chi connectivity index (χ0n) is 14.2. The molecule has 5 N–H and O–H groups in total. The van der Waals surface area contributed by atoms with Gasteiger partial charge in [0.05, 0.1) is 19.5 Å². The van der Waals surface area contributed by atoms with Gasteiger partial charge in [-0.05, 0) is 5.56 Å². The minimum Gasteiger partial charge on any atom is -0.394 e. The molecule has 1 aliphatic heterocycles. The number of aliphatic hydroxyl groups is 3. The quantitative estimate of drug-likeness (QED) is 0.447. The fourth-order valence-electron chi connectivity index (χ4n) is 3.23. The highest BCUT2D eigenvalue weighted by molar-refractivity contribution is 5.71. The Morgan fingerprint density at radius 1 is 1.19 bits per heavy atom. The lowest BCUT2D eigenvalue weighted by Gasteiger charge is -2.17. The van der Waals surface area contributed by atoms with Crippen LogP contribution in [0.1, 0.15) is 11.8 Å². The Bertz CT molecular complexity index is 1020. The molecule has 10 heteroatoms. The average molecular weight is 373 g/mol. The van der Waals surface area contributed by atoms with Crippen molar-refractivity contribution in [1.82, 2.24) is 19.1 Å². The van der Waals surface area contributed by atoms with Crippen LogP contribution in [0.15, 0.2) is 41.5 Å². The van der Waals surface area contributed by atoms with Crippen molar-refractivity contribution in [1.29, 1.82) is 0 Å². The minimum atomic E-state index is -1.31. The first-order valence-electron chi connectivity index (χ1n) is 8.40. The van der Waals surface area contributed by atoms with Gasteiger partial charge in [-0.25, -0.2) is 4.98 Å². The molecule has 1 aliphatic rings. The predicted molar refractivity (Wildman–Crippen MR) is 94.8 cm³/mol. The first-order chi connectivity index (χ1) is 13.0. The summed E-state index contributed by atoms with van der Waals surface area (Å²) in [6.07, 6.45) is -3.27. The van der Waals surface area contributed by atoms with Crippen LogP contribution < -0.4 is 11.3 Å². The van der Waals surface area contributed by atoms with Crippen molar-refractivity contribution < 1.29 is 20.1 Å². The molecule has 0 saturated carbocycles. The van der Waals surface area contributed by atoms with Crippen LogP contribution in [0.25, 0.3) is 11.2 Å². The molecule has 0 aliphatic carbocycles. The number of rotatable bonds is 4. The van der Waals surface area contributed by atoms with Gasteiger partial charge in [0.1, 0.15) is 18.3 Å². The lowest BCUT2D eigenvalue weighted by molar-refractivity contribution is -0.0511. The summed E-state index contributed by atoms with van der Waals surface area (Å²) in [6.45, 7) is -0.212. The van der Waals surface area contributed by atoms with Crippen LogP contribution in [0.2, 0.25) is 0 Å². The summed E-state index contributed by atoms with van der Waals surface area (Å²) in [5.74, 6) is -0.00940. The molecule has 3 heterocycles. The zero-order chi connectivity index (χ0) is 19.1. The molecule has 4 atom stereocenters. The zero-order valence-corrected chi connectivity index (χ0v) is 14.2. The van der Waals surface area contributed by atoms with Crippen LogP contribution in [0.4, 0.5) is 5.95 Å². The molecule has 4 rings (SSSR count). The van der Waals surface area contributed by atoms with E-state index in [1.165, 1.54) is 15.5 Å². The van der Waals surface area contributed by atoms with Gasteiger partial charge in [0.25, 0.3) is 5.56 Å². The maximum Gasteiger partial charge on any atom is 0.283 e. The first-order valence-corrected chi connectivity index (χ1v) is 8.40. The molecule has 27 heavy (non-hydrogen) atoms. The number of anilines is 1. The highest BCUT2D eigenvalue weighted by Crippen LogP contribution is 2.30. The van der Waals surface area contributed by atoms with Crippen LogP contribution in [-0.2, 0) is 11.3 Å². The van der Waals surface area contributed by atoms with Gasteiger partial charge in [0, 0.05) is 0 Å². The van der Waals surface area contributed by atoms with Crippen molar-refractivity contribution in [2.75, 3.05) is 12.3 Å². The molecule has 2 unspecified atom stereocenters. The first kappa shape index (κ1) is 17.6. The molecule has 10 nitrogen and oxygen atoms in total. The largest absolute Gasteiger partial charge is 0.394 e. The van der Waals surface area contributed by atoms with E-state index in [0.29, 0.717) is 0 Å². The van der Waals surface area contributed by atoms with Crippen molar-refractivity contribution in [2.45, 2.75) is 31.1 Å². The lowest BCUT2D eigenvalue weighted by atomic mass is 10.1. The van der Waals surface area contributed by atoms with E-state index in [-0.39, 0.29) is 23.7 Å². The Morgan fingerprint density at radius 2 is 1.93 bits per heavy atom. The molecule has 1 saturated heterocycles. The third-order valence-corrected chi connectivity index (χ3v) is 4.69. The molecule has 1 aromatic carbocycles. The van der Waals surface area contributed by atoms with Gasteiger partial charge in [-0.2, -0.15) is 4.98 Å². The van der Waals surface area contributed by atoms with E-state index in [9.17, 15) is 20.1 Å². The third kappa shape index (κ3) is 2.88. The molecule has 3 aromatic rings. The van der Waals surface area contributed by atoms with Crippen LogP contribution in [-0.4, -0.2) is 59.3 Å². The predicted octanol–water partition coefficient (Wildman–Crippen LogP) is -1.16. The van der Waals surface area contributed by atoms with Gasteiger partial charge < -0.3 is 25.8 Å². The highest BCUT2D eigenvalue weighted by atomic mass is 16.6. The maximum atomic E-state index is 12.8. The summed E-state index contributed by atoms with van der Waals surface area (Å²) in [5.41, 5.74) is 6.66. The molecule has 142 valence electrons. The van der Waals surface area contributed by atoms with Crippen molar-refractivity contribution in [3.63, 3.8) is 0 Å². The normalized spacial score (nSPS) is 25.3. The summed E-state index contributed by atoms with van der Waals surface area (Å²) in [6, 6.07) is 9.33. The molecule has 0 amide bonds. The number of imidazole rings is 1. The van der Waals surface area contributed by atoms with Crippen LogP contribution >= 0.6 is 0 Å². The number of nitrogen functional groups attached to an aromatic ring is 1. The van der Waals surface area contributed by atoms with Crippen molar-refractivity contribution in [2.24, 2.45) is 0 Å². The Labute approximate surface area is 153 Å². The SMILES string of the molecule is Nc1nc2c(ncn2[C@@H]2O[C@H](CO)C(O)C2O)c(=O)n1Cc1ccccc1.